The summed E-state index contributed by atoms with van der Waals surface area (Å²) in [5, 5.41) is 12.3. The number of nitrogens with zero attached hydrogens (tertiary/aromatic N) is 3. The van der Waals surface area contributed by atoms with E-state index < -0.39 is 43.0 Å². The van der Waals surface area contributed by atoms with Gasteiger partial charge in [-0.3, -0.25) is 14.7 Å². The Morgan fingerprint density at radius 1 is 1.07 bits per heavy atom. The quantitative estimate of drug-likeness (QED) is 0.152. The SMILES string of the molecule is O=C(NCc1ccc(Cl)c(Cc2nc3nc(OCC(F)F)c(C(=O)NC4CCC(C(F)(F)F)CC4)cc3[nH]2)c1Cl)c1ccn[nH]1. The van der Waals surface area contributed by atoms with Crippen molar-refractivity contribution in [2.75, 3.05) is 6.61 Å². The van der Waals surface area contributed by atoms with Gasteiger partial charge in [-0.2, -0.15) is 23.3 Å². The maximum absolute atomic E-state index is 13.2. The number of imidazole rings is 1. The molecule has 1 aliphatic rings. The maximum atomic E-state index is 13.2. The molecule has 0 bridgehead atoms. The molecule has 4 N–H and O–H groups in total. The number of hydrogen-bond acceptors (Lipinski definition) is 6. The highest BCUT2D eigenvalue weighted by Crippen LogP contribution is 2.38. The molecule has 5 rings (SSSR count). The number of carbonyl (C=O) groups is 2. The number of aromatic nitrogens is 5. The molecule has 1 fully saturated rings. The van der Waals surface area contributed by atoms with Gasteiger partial charge in [-0.25, -0.2) is 13.8 Å². The number of alkyl halides is 5. The molecule has 10 nitrogen and oxygen atoms in total. The minimum absolute atomic E-state index is 0.0618. The normalized spacial score (nSPS) is 17.1. The number of ether oxygens (including phenoxy) is 1. The topological polar surface area (TPSA) is 138 Å². The number of halogens is 7. The van der Waals surface area contributed by atoms with E-state index in [9.17, 15) is 31.5 Å². The molecule has 2 amide bonds. The maximum Gasteiger partial charge on any atom is 0.391 e. The number of aromatic amines is 2. The standard InChI is InChI=1S/C28H26Cl2F5N7O3/c29-18-6-1-13(11-36-26(44)19-7-8-37-42-19)23(30)16(18)10-22-39-20-9-17(27(41-24(20)40-22)45-12-21(31)32)25(43)38-15-4-2-14(3-5-15)28(33,34)35/h1,6-9,14-15,21H,2-5,10-12H2,(H,36,44)(H,37,42)(H,38,43)(H,39,40,41). The fraction of sp³-hybridized carbons (Fsp3) is 0.393. The van der Waals surface area contributed by atoms with E-state index in [1.54, 1.807) is 12.1 Å². The average molecular weight is 674 g/mol. The second kappa shape index (κ2) is 13.6. The van der Waals surface area contributed by atoms with Gasteiger partial charge in [0.25, 0.3) is 18.2 Å². The molecule has 0 aliphatic heterocycles. The van der Waals surface area contributed by atoms with Crippen molar-refractivity contribution in [2.24, 2.45) is 5.92 Å². The fourth-order valence-corrected chi connectivity index (χ4v) is 5.64. The number of carbonyl (C=O) groups excluding carboxylic acids is 2. The van der Waals surface area contributed by atoms with Crippen LogP contribution in [-0.2, 0) is 13.0 Å². The number of pyridine rings is 1. The van der Waals surface area contributed by atoms with Crippen LogP contribution in [0.3, 0.4) is 0 Å². The molecule has 3 heterocycles. The molecule has 1 saturated carbocycles. The molecule has 45 heavy (non-hydrogen) atoms. The van der Waals surface area contributed by atoms with E-state index in [1.165, 1.54) is 18.3 Å². The van der Waals surface area contributed by atoms with E-state index in [0.29, 0.717) is 22.0 Å². The lowest BCUT2D eigenvalue weighted by Gasteiger charge is -2.30. The molecular weight excluding hydrogens is 648 g/mol. The number of amides is 2. The first kappa shape index (κ1) is 32.4. The van der Waals surface area contributed by atoms with Crippen molar-refractivity contribution >= 4 is 46.2 Å². The van der Waals surface area contributed by atoms with Crippen molar-refractivity contribution in [2.45, 2.75) is 57.3 Å². The third-order valence-corrected chi connectivity index (χ3v) is 8.22. The molecule has 17 heteroatoms. The zero-order valence-corrected chi connectivity index (χ0v) is 24.8. The van der Waals surface area contributed by atoms with Gasteiger partial charge in [0.2, 0.25) is 5.88 Å². The predicted molar refractivity (Wildman–Crippen MR) is 154 cm³/mol. The minimum Gasteiger partial charge on any atom is -0.471 e. The number of rotatable bonds is 10. The van der Waals surface area contributed by atoms with E-state index >= 15 is 0 Å². The molecule has 4 aromatic rings. The molecule has 0 radical (unpaired) electrons. The van der Waals surface area contributed by atoms with Gasteiger partial charge in [-0.05, 0) is 55.0 Å². The van der Waals surface area contributed by atoms with Crippen molar-refractivity contribution in [3.8, 4) is 5.88 Å². The van der Waals surface area contributed by atoms with E-state index in [2.05, 4.69) is 35.8 Å². The summed E-state index contributed by atoms with van der Waals surface area (Å²) in [5.41, 5.74) is 1.48. The van der Waals surface area contributed by atoms with Gasteiger partial charge in [0, 0.05) is 30.2 Å². The van der Waals surface area contributed by atoms with E-state index in [-0.39, 0.29) is 72.0 Å². The van der Waals surface area contributed by atoms with Crippen LogP contribution in [0, 0.1) is 5.92 Å². The summed E-state index contributed by atoms with van der Waals surface area (Å²) in [6.07, 6.45) is -5.67. The lowest BCUT2D eigenvalue weighted by atomic mass is 9.85. The van der Waals surface area contributed by atoms with Gasteiger partial charge >= 0.3 is 6.18 Å². The number of benzene rings is 1. The summed E-state index contributed by atoms with van der Waals surface area (Å²) in [6, 6.07) is 5.59. The molecule has 0 atom stereocenters. The average Bonchev–Trinajstić information content (AvgIpc) is 3.67. The third kappa shape index (κ3) is 7.82. The summed E-state index contributed by atoms with van der Waals surface area (Å²) in [4.78, 5) is 37.0. The van der Waals surface area contributed by atoms with E-state index in [1.807, 2.05) is 0 Å². The smallest absolute Gasteiger partial charge is 0.391 e. The predicted octanol–water partition coefficient (Wildman–Crippen LogP) is 6.00. The van der Waals surface area contributed by atoms with Crippen LogP contribution in [0.4, 0.5) is 22.0 Å². The highest BCUT2D eigenvalue weighted by atomic mass is 35.5. The Labute approximate surface area is 262 Å². The van der Waals surface area contributed by atoms with Gasteiger partial charge in [0.15, 0.2) is 12.3 Å². The lowest BCUT2D eigenvalue weighted by molar-refractivity contribution is -0.182. The summed E-state index contributed by atoms with van der Waals surface area (Å²) < 4.78 is 70.2. The second-order valence-corrected chi connectivity index (χ2v) is 11.3. The van der Waals surface area contributed by atoms with Crippen LogP contribution in [0.15, 0.2) is 30.5 Å². The Bertz CT molecular complexity index is 1670. The van der Waals surface area contributed by atoms with Crippen LogP contribution in [0.1, 0.15) is 63.5 Å². The summed E-state index contributed by atoms with van der Waals surface area (Å²) in [6.45, 7) is -0.953. The highest BCUT2D eigenvalue weighted by molar-refractivity contribution is 6.36. The van der Waals surface area contributed by atoms with Crippen molar-refractivity contribution in [1.82, 2.24) is 35.8 Å². The van der Waals surface area contributed by atoms with Gasteiger partial charge in [0.05, 0.1) is 16.5 Å². The van der Waals surface area contributed by atoms with Gasteiger partial charge in [0.1, 0.15) is 17.1 Å². The minimum atomic E-state index is -4.30. The Balaban J connectivity index is 1.35. The first-order chi connectivity index (χ1) is 21.4. The molecular formula is C28H26Cl2F5N7O3. The first-order valence-corrected chi connectivity index (χ1v) is 14.6. The molecule has 0 spiro atoms. The summed E-state index contributed by atoms with van der Waals surface area (Å²) in [7, 11) is 0. The Kier molecular flexibility index (Phi) is 9.77. The van der Waals surface area contributed by atoms with Gasteiger partial charge in [-0.15, -0.1) is 0 Å². The second-order valence-electron chi connectivity index (χ2n) is 10.5. The summed E-state index contributed by atoms with van der Waals surface area (Å²) >= 11 is 13.1. The molecule has 1 aliphatic carbocycles. The number of fused-ring (bicyclic) bond motifs is 1. The summed E-state index contributed by atoms with van der Waals surface area (Å²) in [5.74, 6) is -2.62. The van der Waals surface area contributed by atoms with Crippen molar-refractivity contribution in [3.05, 3.63) is 68.7 Å². The number of hydrogen-bond donors (Lipinski definition) is 4. The van der Waals surface area contributed by atoms with E-state index in [4.69, 9.17) is 27.9 Å². The molecule has 240 valence electrons. The first-order valence-electron chi connectivity index (χ1n) is 13.8. The monoisotopic (exact) mass is 673 g/mol. The fourth-order valence-electron chi connectivity index (χ4n) is 5.07. The molecule has 0 unspecified atom stereocenters. The zero-order chi connectivity index (χ0) is 32.3. The molecule has 1 aromatic carbocycles. The zero-order valence-electron chi connectivity index (χ0n) is 23.3. The third-order valence-electron chi connectivity index (χ3n) is 7.40. The van der Waals surface area contributed by atoms with Crippen LogP contribution in [0.5, 0.6) is 5.88 Å². The Morgan fingerprint density at radius 3 is 2.49 bits per heavy atom. The lowest BCUT2D eigenvalue weighted by Crippen LogP contribution is -2.40. The highest BCUT2D eigenvalue weighted by Gasteiger charge is 2.41. The van der Waals surface area contributed by atoms with Gasteiger partial charge in [-0.1, -0.05) is 29.3 Å². The van der Waals surface area contributed by atoms with Crippen molar-refractivity contribution in [3.63, 3.8) is 0 Å². The molecule has 3 aromatic heterocycles. The van der Waals surface area contributed by atoms with Crippen molar-refractivity contribution in [1.29, 1.82) is 0 Å². The van der Waals surface area contributed by atoms with E-state index in [0.717, 1.165) is 0 Å². The number of nitrogens with one attached hydrogen (secondary N) is 4. The van der Waals surface area contributed by atoms with Crippen LogP contribution < -0.4 is 15.4 Å². The van der Waals surface area contributed by atoms with Crippen LogP contribution >= 0.6 is 23.2 Å². The number of H-pyrrole nitrogens is 2. The Morgan fingerprint density at radius 2 is 1.82 bits per heavy atom. The van der Waals surface area contributed by atoms with Crippen LogP contribution in [-0.4, -0.2) is 62.2 Å². The van der Waals surface area contributed by atoms with Crippen LogP contribution in [0.25, 0.3) is 11.2 Å². The van der Waals surface area contributed by atoms with Crippen LogP contribution in [0.2, 0.25) is 10.0 Å². The van der Waals surface area contributed by atoms with Gasteiger partial charge < -0.3 is 20.4 Å². The largest absolute Gasteiger partial charge is 0.471 e. The van der Waals surface area contributed by atoms with Crippen molar-refractivity contribution < 1.29 is 36.3 Å². The Hall–Kier alpha value is -3.98. The molecule has 0 saturated heterocycles.